The average Bonchev–Trinajstić information content (AvgIpc) is 2.58. The Balaban J connectivity index is 2.44. The molecule has 0 unspecified atom stereocenters. The molecule has 0 bridgehead atoms. The molecule has 0 spiro atoms. The maximum atomic E-state index is 12.0. The topological polar surface area (TPSA) is 84.9 Å². The molecule has 0 aliphatic rings. The van der Waals surface area contributed by atoms with Crippen LogP contribution < -0.4 is 10.1 Å². The summed E-state index contributed by atoms with van der Waals surface area (Å²) in [6.07, 6.45) is 0. The minimum absolute atomic E-state index is 0.264. The highest BCUT2D eigenvalue weighted by Crippen LogP contribution is 2.16. The van der Waals surface area contributed by atoms with E-state index in [1.54, 1.807) is 29.2 Å². The molecule has 0 saturated carbocycles. The van der Waals surface area contributed by atoms with Crippen molar-refractivity contribution in [2.24, 2.45) is 0 Å². The highest BCUT2D eigenvalue weighted by atomic mass is 16.5. The monoisotopic (exact) mass is 322 g/mol. The molecule has 0 aliphatic heterocycles. The van der Waals surface area contributed by atoms with Crippen LogP contribution >= 0.6 is 0 Å². The lowest BCUT2D eigenvalue weighted by atomic mass is 10.2. The van der Waals surface area contributed by atoms with Gasteiger partial charge in [-0.05, 0) is 26.0 Å². The summed E-state index contributed by atoms with van der Waals surface area (Å²) in [6.45, 7) is 4.15. The highest BCUT2D eigenvalue weighted by Gasteiger charge is 2.15. The van der Waals surface area contributed by atoms with Gasteiger partial charge in [-0.25, -0.2) is 0 Å². The molecule has 0 fully saturated rings. The first-order valence-corrected chi connectivity index (χ1v) is 7.38. The fraction of sp³-hybridized carbons (Fsp3) is 0.438. The van der Waals surface area contributed by atoms with Crippen LogP contribution in [0.3, 0.4) is 0 Å². The summed E-state index contributed by atoms with van der Waals surface area (Å²) in [5, 5.41) is 2.44. The van der Waals surface area contributed by atoms with E-state index in [1.807, 2.05) is 13.8 Å². The number of nitrogens with one attached hydrogen (secondary N) is 1. The Labute approximate surface area is 135 Å². The van der Waals surface area contributed by atoms with Crippen LogP contribution in [0.25, 0.3) is 0 Å². The summed E-state index contributed by atoms with van der Waals surface area (Å²) in [5.41, 5.74) is 0.321. The van der Waals surface area contributed by atoms with Crippen molar-refractivity contribution in [1.82, 2.24) is 10.2 Å². The standard InChI is InChI=1S/C16H22N2O5/c1-4-18(5-2)14(19)11-23-15(20)10-17-16(21)12-8-6-7-9-13(12)22-3/h6-9H,4-5,10-11H2,1-3H3,(H,17,21). The van der Waals surface area contributed by atoms with Gasteiger partial charge in [0.25, 0.3) is 11.8 Å². The van der Waals surface area contributed by atoms with Crippen LogP contribution in [0.1, 0.15) is 24.2 Å². The number of para-hydroxylation sites is 1. The lowest BCUT2D eigenvalue weighted by Crippen LogP contribution is -2.36. The minimum atomic E-state index is -0.672. The number of esters is 1. The first-order chi connectivity index (χ1) is 11.0. The SMILES string of the molecule is CCN(CC)C(=O)COC(=O)CNC(=O)c1ccccc1OC. The van der Waals surface area contributed by atoms with Crippen LogP contribution in [0, 0.1) is 0 Å². The van der Waals surface area contributed by atoms with Crippen molar-refractivity contribution in [3.63, 3.8) is 0 Å². The van der Waals surface area contributed by atoms with Crippen LogP contribution in [-0.2, 0) is 14.3 Å². The molecule has 0 aromatic heterocycles. The molecule has 1 N–H and O–H groups in total. The number of nitrogens with zero attached hydrogens (tertiary/aromatic N) is 1. The Morgan fingerprint density at radius 2 is 1.78 bits per heavy atom. The number of hydrogen-bond donors (Lipinski definition) is 1. The average molecular weight is 322 g/mol. The summed E-state index contributed by atoms with van der Waals surface area (Å²) in [6, 6.07) is 6.67. The first-order valence-electron chi connectivity index (χ1n) is 7.38. The molecule has 0 heterocycles. The fourth-order valence-corrected chi connectivity index (χ4v) is 1.94. The van der Waals surface area contributed by atoms with Crippen molar-refractivity contribution in [2.45, 2.75) is 13.8 Å². The Kier molecular flexibility index (Phi) is 7.59. The predicted molar refractivity (Wildman–Crippen MR) is 84.2 cm³/mol. The van der Waals surface area contributed by atoms with Crippen molar-refractivity contribution in [3.05, 3.63) is 29.8 Å². The quantitative estimate of drug-likeness (QED) is 0.717. The maximum absolute atomic E-state index is 12.0. The molecule has 2 amide bonds. The molecule has 0 aliphatic carbocycles. The number of hydrogen-bond acceptors (Lipinski definition) is 5. The number of benzene rings is 1. The van der Waals surface area contributed by atoms with Crippen LogP contribution in [0.5, 0.6) is 5.75 Å². The van der Waals surface area contributed by atoms with E-state index in [1.165, 1.54) is 7.11 Å². The van der Waals surface area contributed by atoms with Crippen molar-refractivity contribution in [1.29, 1.82) is 0 Å². The smallest absolute Gasteiger partial charge is 0.325 e. The molecule has 126 valence electrons. The highest BCUT2D eigenvalue weighted by molar-refractivity contribution is 5.98. The zero-order chi connectivity index (χ0) is 17.2. The normalized spacial score (nSPS) is 9.87. The molecule has 23 heavy (non-hydrogen) atoms. The Morgan fingerprint density at radius 3 is 2.39 bits per heavy atom. The van der Waals surface area contributed by atoms with E-state index in [2.05, 4.69) is 5.32 Å². The summed E-state index contributed by atoms with van der Waals surface area (Å²) < 4.78 is 9.93. The van der Waals surface area contributed by atoms with Gasteiger partial charge in [0.1, 0.15) is 12.3 Å². The summed E-state index contributed by atoms with van der Waals surface area (Å²) >= 11 is 0. The molecule has 1 aromatic rings. The van der Waals surface area contributed by atoms with Gasteiger partial charge in [0.2, 0.25) is 0 Å². The fourth-order valence-electron chi connectivity index (χ4n) is 1.94. The number of methoxy groups -OCH3 is 1. The van der Waals surface area contributed by atoms with Gasteiger partial charge in [-0.2, -0.15) is 0 Å². The van der Waals surface area contributed by atoms with E-state index in [-0.39, 0.29) is 19.1 Å². The van der Waals surface area contributed by atoms with E-state index in [9.17, 15) is 14.4 Å². The second kappa shape index (κ2) is 9.45. The zero-order valence-electron chi connectivity index (χ0n) is 13.6. The van der Waals surface area contributed by atoms with Gasteiger partial charge >= 0.3 is 5.97 Å². The molecule has 7 heteroatoms. The van der Waals surface area contributed by atoms with Gasteiger partial charge in [-0.3, -0.25) is 14.4 Å². The number of ether oxygens (including phenoxy) is 2. The first kappa shape index (κ1) is 18.5. The molecule has 1 rings (SSSR count). The van der Waals surface area contributed by atoms with Crippen LogP contribution in [0.15, 0.2) is 24.3 Å². The number of carbonyl (C=O) groups is 3. The van der Waals surface area contributed by atoms with E-state index in [0.29, 0.717) is 24.4 Å². The maximum Gasteiger partial charge on any atom is 0.325 e. The molecule has 1 aromatic carbocycles. The zero-order valence-corrected chi connectivity index (χ0v) is 13.6. The van der Waals surface area contributed by atoms with Gasteiger partial charge in [0.05, 0.1) is 12.7 Å². The van der Waals surface area contributed by atoms with Gasteiger partial charge in [0.15, 0.2) is 6.61 Å². The van der Waals surface area contributed by atoms with Gasteiger partial charge in [0, 0.05) is 13.1 Å². The van der Waals surface area contributed by atoms with E-state index in [4.69, 9.17) is 9.47 Å². The van der Waals surface area contributed by atoms with Gasteiger partial charge < -0.3 is 19.7 Å². The number of amides is 2. The third-order valence-corrected chi connectivity index (χ3v) is 3.22. The molecule has 0 radical (unpaired) electrons. The summed E-state index contributed by atoms with van der Waals surface area (Å²) in [4.78, 5) is 36.8. The third kappa shape index (κ3) is 5.61. The minimum Gasteiger partial charge on any atom is -0.496 e. The molecule has 7 nitrogen and oxygen atoms in total. The lowest BCUT2D eigenvalue weighted by Gasteiger charge is -2.18. The molecule has 0 atom stereocenters. The number of rotatable bonds is 8. The molecular weight excluding hydrogens is 300 g/mol. The number of likely N-dealkylation sites (N-methyl/N-ethyl adjacent to an activating group) is 1. The van der Waals surface area contributed by atoms with Crippen molar-refractivity contribution in [2.75, 3.05) is 33.4 Å². The van der Waals surface area contributed by atoms with E-state index in [0.717, 1.165) is 0 Å². The summed E-state index contributed by atoms with van der Waals surface area (Å²) in [5.74, 6) is -0.974. The Bertz CT molecular complexity index is 555. The Hall–Kier alpha value is -2.57. The second-order valence-electron chi connectivity index (χ2n) is 4.61. The third-order valence-electron chi connectivity index (χ3n) is 3.22. The largest absolute Gasteiger partial charge is 0.496 e. The molecule has 0 saturated heterocycles. The van der Waals surface area contributed by atoms with E-state index < -0.39 is 11.9 Å². The van der Waals surface area contributed by atoms with Crippen molar-refractivity contribution >= 4 is 17.8 Å². The molecular formula is C16H22N2O5. The Morgan fingerprint density at radius 1 is 1.13 bits per heavy atom. The van der Waals surface area contributed by atoms with Crippen LogP contribution in [0.2, 0.25) is 0 Å². The number of carbonyl (C=O) groups excluding carboxylic acids is 3. The lowest BCUT2D eigenvalue weighted by molar-refractivity contribution is -0.151. The van der Waals surface area contributed by atoms with Gasteiger partial charge in [-0.1, -0.05) is 12.1 Å². The van der Waals surface area contributed by atoms with Gasteiger partial charge in [-0.15, -0.1) is 0 Å². The van der Waals surface area contributed by atoms with Crippen molar-refractivity contribution < 1.29 is 23.9 Å². The predicted octanol–water partition coefficient (Wildman–Crippen LogP) is 0.837. The van der Waals surface area contributed by atoms with Crippen molar-refractivity contribution in [3.8, 4) is 5.75 Å². The second-order valence-corrected chi connectivity index (χ2v) is 4.61. The summed E-state index contributed by atoms with van der Waals surface area (Å²) in [7, 11) is 1.46. The van der Waals surface area contributed by atoms with Crippen LogP contribution in [0.4, 0.5) is 0 Å². The van der Waals surface area contributed by atoms with Crippen LogP contribution in [-0.4, -0.2) is 56.0 Å². The van der Waals surface area contributed by atoms with E-state index >= 15 is 0 Å².